The molecule has 0 bridgehead atoms. The van der Waals surface area contributed by atoms with Crippen LogP contribution in [0, 0.1) is 11.8 Å². The minimum Gasteiger partial charge on any atom is -0.463 e. The van der Waals surface area contributed by atoms with Crippen LogP contribution in [0.5, 0.6) is 0 Å². The summed E-state index contributed by atoms with van der Waals surface area (Å²) in [5, 5.41) is 103. The first-order valence-electron chi connectivity index (χ1n) is 50.6. The van der Waals surface area contributed by atoms with Gasteiger partial charge in [0.1, 0.15) is 92.6 Å². The number of carbonyl (C=O) groups is 4. The minimum atomic E-state index is -5.81. The molecule has 3 rings (SSSR count). The zero-order valence-corrected chi connectivity index (χ0v) is 79.0. The van der Waals surface area contributed by atoms with Crippen LogP contribution in [0.4, 0.5) is 0 Å². The van der Waals surface area contributed by atoms with Gasteiger partial charge in [-0.3, -0.25) is 28.2 Å². The molecule has 2 aliphatic heterocycles. The smallest absolute Gasteiger partial charge is 0.463 e. The summed E-state index contributed by atoms with van der Waals surface area (Å²) in [5.74, 6) is -1.64. The fourth-order valence-electron chi connectivity index (χ4n) is 17.2. The van der Waals surface area contributed by atoms with E-state index < -0.39 is 162 Å². The van der Waals surface area contributed by atoms with Crippen LogP contribution in [0.15, 0.2) is 0 Å². The fraction of sp³-hybridized carbons (Fsp3) is 0.959. The van der Waals surface area contributed by atoms with E-state index in [1.165, 1.54) is 225 Å². The molecule has 20 unspecified atom stereocenters. The Bertz CT molecular complexity index is 2580. The predicted octanol–water partition coefficient (Wildman–Crippen LogP) is 19.8. The van der Waals surface area contributed by atoms with Crippen LogP contribution in [-0.4, -0.2) is 205 Å². The van der Waals surface area contributed by atoms with E-state index in [2.05, 4.69) is 41.5 Å². The van der Waals surface area contributed by atoms with E-state index in [4.69, 9.17) is 46.9 Å². The lowest BCUT2D eigenvalue weighted by Gasteiger charge is -2.50. The molecule has 3 aliphatic rings. The topological polar surface area (TPSA) is 380 Å². The van der Waals surface area contributed by atoms with Crippen LogP contribution in [-0.2, 0) is 70.7 Å². The lowest BCUT2D eigenvalue weighted by atomic mass is 9.84. The summed E-state index contributed by atoms with van der Waals surface area (Å²) >= 11 is 0. The van der Waals surface area contributed by atoms with Gasteiger partial charge in [0.05, 0.1) is 13.2 Å². The molecule has 0 aromatic heterocycles. The third-order valence-corrected chi connectivity index (χ3v) is 26.4. The van der Waals surface area contributed by atoms with Crippen LogP contribution < -0.4 is 0 Å². The SMILES string of the molecule is CCCCCCCCCCCCCCCCCCC(=O)OCC(COP(=O)(O)OC1C(OC2OC(CO)C(O)C(O)C2O)C(O)C(O)C(OC(=O)CCCCCCCCC(C)CCCCCCCC)C1OC1OC(COC(=O)CCCCCCCCCCCCCCCCCC)C(O)C(O)C1O)OC(=O)CCCCCCCCC(C)CCCCCCCC. The Morgan fingerprint density at radius 2 is 0.610 bits per heavy atom. The summed E-state index contributed by atoms with van der Waals surface area (Å²) in [6, 6.07) is 0. The standard InChI is InChI=1S/C97H183O25P/c1-7-11-15-19-23-25-27-29-31-33-35-37-39-41-51-59-67-80(99)113-72-77(116-82(101)69-61-53-45-43-49-57-65-75(5)63-55-47-21-17-13-9-3)73-115-123(111,112)122-95-93(120-96-90(109)86(105)84(103)78(71-98)117-96)89(108)88(107)92(119-83(102)70-62-54-46-44-50-58-66-76(6)64-56-48-22-18-14-10-4)94(95)121-97-91(110)87(106)85(104)79(118-97)74-114-81(100)68-60-52-42-40-38-36-34-32-30-28-26-24-20-16-12-8-2/h75-79,84-98,103-110H,7-74H2,1-6H3,(H,111,112). The normalized spacial score (nSPS) is 24.9. The van der Waals surface area contributed by atoms with Gasteiger partial charge < -0.3 is 88.7 Å². The number of hydrogen-bond acceptors (Lipinski definition) is 24. The van der Waals surface area contributed by atoms with Gasteiger partial charge in [-0.05, 0) is 37.5 Å². The Balaban J connectivity index is 1.91. The van der Waals surface area contributed by atoms with Crippen molar-refractivity contribution in [1.82, 2.24) is 0 Å². The average Bonchev–Trinajstić information content (AvgIpc) is 0.753. The molecule has 3 fully saturated rings. The van der Waals surface area contributed by atoms with Crippen LogP contribution in [0.3, 0.4) is 0 Å². The van der Waals surface area contributed by atoms with Gasteiger partial charge in [-0.2, -0.15) is 0 Å². The van der Waals surface area contributed by atoms with E-state index in [1.807, 2.05) is 0 Å². The van der Waals surface area contributed by atoms with Gasteiger partial charge >= 0.3 is 31.7 Å². The number of esters is 4. The molecule has 726 valence electrons. The van der Waals surface area contributed by atoms with Crippen molar-refractivity contribution in [2.75, 3.05) is 26.4 Å². The van der Waals surface area contributed by atoms with Gasteiger partial charge in [0.15, 0.2) is 24.8 Å². The molecular weight excluding hydrogens is 1600 g/mol. The summed E-state index contributed by atoms with van der Waals surface area (Å²) in [6.45, 7) is 10.3. The van der Waals surface area contributed by atoms with Gasteiger partial charge in [-0.15, -0.1) is 0 Å². The first kappa shape index (κ1) is 115. The highest BCUT2D eigenvalue weighted by molar-refractivity contribution is 7.47. The molecule has 0 amide bonds. The van der Waals surface area contributed by atoms with Crippen molar-refractivity contribution in [3.05, 3.63) is 0 Å². The summed E-state index contributed by atoms with van der Waals surface area (Å²) in [6.07, 6.45) is 30.7. The maximum Gasteiger partial charge on any atom is 0.472 e. The van der Waals surface area contributed by atoms with E-state index in [1.54, 1.807) is 0 Å². The fourth-order valence-corrected chi connectivity index (χ4v) is 18.2. The summed E-state index contributed by atoms with van der Waals surface area (Å²) in [7, 11) is -5.81. The highest BCUT2D eigenvalue weighted by Crippen LogP contribution is 2.49. The Labute approximate surface area is 744 Å². The number of rotatable bonds is 82. The van der Waals surface area contributed by atoms with Gasteiger partial charge in [0, 0.05) is 25.7 Å². The molecule has 26 heteroatoms. The second kappa shape index (κ2) is 74.1. The zero-order valence-electron chi connectivity index (χ0n) is 78.1. The Kier molecular flexibility index (Phi) is 69.0. The maximum absolute atomic E-state index is 15.0. The zero-order chi connectivity index (χ0) is 89.9. The van der Waals surface area contributed by atoms with Crippen molar-refractivity contribution in [2.45, 2.75) is 557 Å². The predicted molar refractivity (Wildman–Crippen MR) is 481 cm³/mol. The van der Waals surface area contributed by atoms with Gasteiger partial charge in [-0.25, -0.2) is 4.57 Å². The Morgan fingerprint density at radius 1 is 0.317 bits per heavy atom. The molecule has 1 saturated carbocycles. The molecule has 2 saturated heterocycles. The number of aliphatic hydroxyl groups is 9. The first-order chi connectivity index (χ1) is 59.5. The summed E-state index contributed by atoms with van der Waals surface area (Å²) in [4.78, 5) is 66.8. The molecule has 10 N–H and O–H groups in total. The lowest BCUT2D eigenvalue weighted by Crippen LogP contribution is -2.70. The van der Waals surface area contributed by atoms with E-state index >= 15 is 0 Å². The number of ether oxygens (including phenoxy) is 8. The number of hydrogen-bond donors (Lipinski definition) is 10. The molecule has 2 heterocycles. The van der Waals surface area contributed by atoms with Crippen LogP contribution in [0.25, 0.3) is 0 Å². The quantitative estimate of drug-likeness (QED) is 0.0117. The highest BCUT2D eigenvalue weighted by atomic mass is 31.2. The first-order valence-corrected chi connectivity index (χ1v) is 52.0. The molecule has 25 nitrogen and oxygen atoms in total. The minimum absolute atomic E-state index is 0.0195. The molecule has 20 atom stereocenters. The van der Waals surface area contributed by atoms with E-state index in [0.29, 0.717) is 43.9 Å². The van der Waals surface area contributed by atoms with Crippen molar-refractivity contribution >= 4 is 31.7 Å². The summed E-state index contributed by atoms with van der Waals surface area (Å²) < 4.78 is 73.8. The third kappa shape index (κ3) is 54.2. The number of carbonyl (C=O) groups excluding carboxylic acids is 4. The molecule has 1 aliphatic carbocycles. The summed E-state index contributed by atoms with van der Waals surface area (Å²) in [5.41, 5.74) is 0. The van der Waals surface area contributed by atoms with Crippen molar-refractivity contribution in [1.29, 1.82) is 0 Å². The van der Waals surface area contributed by atoms with Crippen molar-refractivity contribution < 1.29 is 122 Å². The van der Waals surface area contributed by atoms with Gasteiger partial charge in [0.2, 0.25) is 0 Å². The second-order valence-corrected chi connectivity index (χ2v) is 38.3. The number of phosphoric ester groups is 1. The second-order valence-electron chi connectivity index (χ2n) is 36.9. The molecule has 123 heavy (non-hydrogen) atoms. The van der Waals surface area contributed by atoms with Crippen molar-refractivity contribution in [3.8, 4) is 0 Å². The number of unbranched alkanes of at least 4 members (excludes halogenated alkanes) is 50. The van der Waals surface area contributed by atoms with Gasteiger partial charge in [0.25, 0.3) is 0 Å². The van der Waals surface area contributed by atoms with Crippen LogP contribution in [0.2, 0.25) is 0 Å². The molecule has 0 radical (unpaired) electrons. The monoisotopic (exact) mass is 1780 g/mol. The van der Waals surface area contributed by atoms with E-state index in [0.717, 1.165) is 128 Å². The third-order valence-electron chi connectivity index (χ3n) is 25.4. The molecular formula is C97H183O25P. The van der Waals surface area contributed by atoms with Crippen molar-refractivity contribution in [3.63, 3.8) is 0 Å². The van der Waals surface area contributed by atoms with Crippen LogP contribution in [0.1, 0.15) is 452 Å². The van der Waals surface area contributed by atoms with Gasteiger partial charge in [-0.1, -0.05) is 401 Å². The van der Waals surface area contributed by atoms with E-state index in [9.17, 15) is 74.6 Å². The molecule has 0 aromatic carbocycles. The lowest BCUT2D eigenvalue weighted by molar-refractivity contribution is -0.360. The molecule has 0 spiro atoms. The van der Waals surface area contributed by atoms with Crippen LogP contribution >= 0.6 is 7.82 Å². The molecule has 0 aromatic rings. The van der Waals surface area contributed by atoms with E-state index in [-0.39, 0.29) is 25.7 Å². The number of phosphoric acid groups is 1. The van der Waals surface area contributed by atoms with Crippen molar-refractivity contribution in [2.24, 2.45) is 11.8 Å². The Hall–Kier alpha value is -2.53. The number of aliphatic hydroxyl groups excluding tert-OH is 9. The largest absolute Gasteiger partial charge is 0.472 e. The Morgan fingerprint density at radius 3 is 0.967 bits per heavy atom. The average molecular weight is 1780 g/mol. The maximum atomic E-state index is 15.0. The highest BCUT2D eigenvalue weighted by Gasteiger charge is 2.60.